The Balaban J connectivity index is 4.28. The number of carboxylic acid groups (broad SMARTS) is 1. The van der Waals surface area contributed by atoms with Gasteiger partial charge in [-0.25, -0.2) is 0 Å². The van der Waals surface area contributed by atoms with Crippen LogP contribution < -0.4 is 0 Å². The van der Waals surface area contributed by atoms with Gasteiger partial charge in [0.1, 0.15) is 6.10 Å². The predicted molar refractivity (Wildman–Crippen MR) is 142 cm³/mol. The molecule has 0 aliphatic rings. The summed E-state index contributed by atoms with van der Waals surface area (Å²) >= 11 is 0. The second kappa shape index (κ2) is 25.4. The lowest BCUT2D eigenvalue weighted by atomic mass is 9.93. The van der Waals surface area contributed by atoms with Gasteiger partial charge in [0.2, 0.25) is 0 Å². The van der Waals surface area contributed by atoms with Crippen LogP contribution in [0.2, 0.25) is 0 Å². The van der Waals surface area contributed by atoms with Crippen molar-refractivity contribution in [3.63, 3.8) is 0 Å². The largest absolute Gasteiger partial charge is 0.481 e. The summed E-state index contributed by atoms with van der Waals surface area (Å²) < 4.78 is 12.1. The van der Waals surface area contributed by atoms with Gasteiger partial charge in [-0.05, 0) is 31.6 Å². The molecule has 0 aliphatic heterocycles. The maximum Gasteiger partial charge on any atom is 0.303 e. The fourth-order valence-electron chi connectivity index (χ4n) is 4.46. The highest BCUT2D eigenvalue weighted by Crippen LogP contribution is 2.22. The molecule has 0 fully saturated rings. The molecule has 0 aromatic heterocycles. The van der Waals surface area contributed by atoms with E-state index in [4.69, 9.17) is 14.6 Å². The average Bonchev–Trinajstić information content (AvgIpc) is 2.82. The molecule has 3 atom stereocenters. The van der Waals surface area contributed by atoms with Crippen LogP contribution in [-0.2, 0) is 14.3 Å². The number of rotatable bonds is 27. The first kappa shape index (κ1) is 33.4. The van der Waals surface area contributed by atoms with Gasteiger partial charge in [0, 0.05) is 13.0 Å². The van der Waals surface area contributed by atoms with Crippen molar-refractivity contribution in [2.24, 2.45) is 5.92 Å². The van der Waals surface area contributed by atoms with E-state index < -0.39 is 5.97 Å². The Morgan fingerprint density at radius 3 is 1.82 bits per heavy atom. The van der Waals surface area contributed by atoms with Gasteiger partial charge in [-0.3, -0.25) is 4.79 Å². The SMILES string of the molecule is CCCCCCCCCCCC(OCC(CO)OCCCCCC(=O)O)C(C)CCCCCC. The van der Waals surface area contributed by atoms with E-state index in [0.717, 1.165) is 19.3 Å². The van der Waals surface area contributed by atoms with E-state index >= 15 is 0 Å². The van der Waals surface area contributed by atoms with Crippen molar-refractivity contribution in [3.05, 3.63) is 0 Å². The summed E-state index contributed by atoms with van der Waals surface area (Å²) in [5, 5.41) is 18.4. The number of hydrogen-bond acceptors (Lipinski definition) is 4. The van der Waals surface area contributed by atoms with Crippen LogP contribution in [0.1, 0.15) is 143 Å². The first-order valence-electron chi connectivity index (χ1n) is 14.6. The van der Waals surface area contributed by atoms with Crippen LogP contribution in [0.4, 0.5) is 0 Å². The van der Waals surface area contributed by atoms with Crippen molar-refractivity contribution in [2.45, 2.75) is 155 Å². The number of aliphatic carboxylic acids is 1. The Kier molecular flexibility index (Phi) is 25.0. The van der Waals surface area contributed by atoms with Crippen molar-refractivity contribution in [1.29, 1.82) is 0 Å². The highest BCUT2D eigenvalue weighted by molar-refractivity contribution is 5.66. The third kappa shape index (κ3) is 21.9. The van der Waals surface area contributed by atoms with Gasteiger partial charge < -0.3 is 19.7 Å². The number of hydrogen-bond donors (Lipinski definition) is 2. The third-order valence-corrected chi connectivity index (χ3v) is 6.83. The van der Waals surface area contributed by atoms with Crippen LogP contribution in [0.5, 0.6) is 0 Å². The van der Waals surface area contributed by atoms with Crippen LogP contribution in [0, 0.1) is 5.92 Å². The number of ether oxygens (including phenoxy) is 2. The maximum atomic E-state index is 10.6. The molecule has 0 rings (SSSR count). The molecule has 0 saturated carbocycles. The topological polar surface area (TPSA) is 76.0 Å². The van der Waals surface area contributed by atoms with Crippen LogP contribution in [0.15, 0.2) is 0 Å². The summed E-state index contributed by atoms with van der Waals surface area (Å²) in [4.78, 5) is 10.6. The number of aliphatic hydroxyl groups is 1. The molecule has 0 saturated heterocycles. The highest BCUT2D eigenvalue weighted by Gasteiger charge is 2.20. The summed E-state index contributed by atoms with van der Waals surface area (Å²) in [6, 6.07) is 0. The van der Waals surface area contributed by atoms with Gasteiger partial charge in [-0.1, -0.05) is 111 Å². The minimum atomic E-state index is -0.746. The lowest BCUT2D eigenvalue weighted by Crippen LogP contribution is -2.30. The Hall–Kier alpha value is -0.650. The molecule has 0 aromatic rings. The molecule has 5 heteroatoms. The van der Waals surface area contributed by atoms with Gasteiger partial charge >= 0.3 is 5.97 Å². The van der Waals surface area contributed by atoms with Crippen molar-refractivity contribution in [2.75, 3.05) is 19.8 Å². The molecule has 0 heterocycles. The predicted octanol–water partition coefficient (Wildman–Crippen LogP) is 7.92. The normalized spacial score (nSPS) is 14.2. The molecule has 204 valence electrons. The zero-order chi connectivity index (χ0) is 25.3. The number of carbonyl (C=O) groups is 1. The van der Waals surface area contributed by atoms with E-state index in [0.29, 0.717) is 25.6 Å². The molecule has 0 aromatic carbocycles. The fourth-order valence-corrected chi connectivity index (χ4v) is 4.46. The van der Waals surface area contributed by atoms with E-state index in [2.05, 4.69) is 20.8 Å². The average molecular weight is 487 g/mol. The van der Waals surface area contributed by atoms with Crippen molar-refractivity contribution in [1.82, 2.24) is 0 Å². The van der Waals surface area contributed by atoms with Gasteiger partial charge in [0.25, 0.3) is 0 Å². The molecule has 34 heavy (non-hydrogen) atoms. The second-order valence-electron chi connectivity index (χ2n) is 10.2. The van der Waals surface area contributed by atoms with Crippen molar-refractivity contribution >= 4 is 5.97 Å². The molecule has 0 radical (unpaired) electrons. The van der Waals surface area contributed by atoms with E-state index in [9.17, 15) is 9.90 Å². The maximum absolute atomic E-state index is 10.6. The third-order valence-electron chi connectivity index (χ3n) is 6.83. The summed E-state index contributed by atoms with van der Waals surface area (Å²) in [7, 11) is 0. The standard InChI is InChI=1S/C29H58O5/c1-4-6-8-10-11-12-13-14-17-21-28(26(3)20-16-9-7-5-2)34-25-27(24-30)33-23-19-15-18-22-29(31)32/h26-28,30H,4-25H2,1-3H3,(H,31,32). The summed E-state index contributed by atoms with van der Waals surface area (Å²) in [6.45, 7) is 7.78. The fraction of sp³-hybridized carbons (Fsp3) is 0.966. The zero-order valence-corrected chi connectivity index (χ0v) is 22.9. The van der Waals surface area contributed by atoms with Crippen molar-refractivity contribution < 1.29 is 24.5 Å². The van der Waals surface area contributed by atoms with Gasteiger partial charge in [0.05, 0.1) is 19.3 Å². The van der Waals surface area contributed by atoms with Gasteiger partial charge in [-0.2, -0.15) is 0 Å². The zero-order valence-electron chi connectivity index (χ0n) is 22.9. The van der Waals surface area contributed by atoms with Crippen LogP contribution >= 0.6 is 0 Å². The lowest BCUT2D eigenvalue weighted by Gasteiger charge is -2.27. The number of carboxylic acids is 1. The van der Waals surface area contributed by atoms with E-state index in [-0.39, 0.29) is 25.2 Å². The molecular formula is C29H58O5. The Morgan fingerprint density at radius 2 is 1.24 bits per heavy atom. The lowest BCUT2D eigenvalue weighted by molar-refractivity contribution is -0.137. The summed E-state index contributed by atoms with van der Waals surface area (Å²) in [5.74, 6) is -0.217. The van der Waals surface area contributed by atoms with E-state index in [1.807, 2.05) is 0 Å². The Bertz CT molecular complexity index is 429. The summed E-state index contributed by atoms with van der Waals surface area (Å²) in [5.41, 5.74) is 0. The molecule has 5 nitrogen and oxygen atoms in total. The Labute approximate surface area is 211 Å². The molecule has 0 spiro atoms. The molecule has 0 bridgehead atoms. The molecular weight excluding hydrogens is 428 g/mol. The molecule has 0 aliphatic carbocycles. The monoisotopic (exact) mass is 486 g/mol. The molecule has 3 unspecified atom stereocenters. The Morgan fingerprint density at radius 1 is 0.706 bits per heavy atom. The quantitative estimate of drug-likeness (QED) is 0.115. The van der Waals surface area contributed by atoms with Gasteiger partial charge in [-0.15, -0.1) is 0 Å². The van der Waals surface area contributed by atoms with Gasteiger partial charge in [0.15, 0.2) is 0 Å². The molecule has 2 N–H and O–H groups in total. The minimum absolute atomic E-state index is 0.0369. The number of aliphatic hydroxyl groups excluding tert-OH is 1. The highest BCUT2D eigenvalue weighted by atomic mass is 16.5. The summed E-state index contributed by atoms with van der Waals surface area (Å²) in [6.07, 6.45) is 21.9. The smallest absolute Gasteiger partial charge is 0.303 e. The first-order chi connectivity index (χ1) is 16.5. The minimum Gasteiger partial charge on any atom is -0.481 e. The second-order valence-corrected chi connectivity index (χ2v) is 10.2. The van der Waals surface area contributed by atoms with Crippen LogP contribution in [-0.4, -0.2) is 48.2 Å². The molecule has 0 amide bonds. The number of unbranched alkanes of at least 4 members (excludes halogenated alkanes) is 13. The van der Waals surface area contributed by atoms with Crippen LogP contribution in [0.3, 0.4) is 0 Å². The van der Waals surface area contributed by atoms with Crippen molar-refractivity contribution in [3.8, 4) is 0 Å². The van der Waals surface area contributed by atoms with E-state index in [1.165, 1.54) is 89.9 Å². The first-order valence-corrected chi connectivity index (χ1v) is 14.6. The van der Waals surface area contributed by atoms with Crippen LogP contribution in [0.25, 0.3) is 0 Å². The van der Waals surface area contributed by atoms with E-state index in [1.54, 1.807) is 0 Å².